The summed E-state index contributed by atoms with van der Waals surface area (Å²) >= 11 is 0. The minimum Gasteiger partial charge on any atom is -0.394 e. The van der Waals surface area contributed by atoms with Crippen molar-refractivity contribution in [3.05, 3.63) is 70.3 Å². The third-order valence-corrected chi connectivity index (χ3v) is 7.72. The zero-order valence-electron chi connectivity index (χ0n) is 20.7. The lowest BCUT2D eigenvalue weighted by Gasteiger charge is -2.34. The van der Waals surface area contributed by atoms with Crippen molar-refractivity contribution in [3.63, 3.8) is 0 Å². The maximum Gasteiger partial charge on any atom is 0.251 e. The molecule has 0 aromatic heterocycles. The third kappa shape index (κ3) is 5.50. The van der Waals surface area contributed by atoms with Crippen molar-refractivity contribution in [2.45, 2.75) is 72.0 Å². The van der Waals surface area contributed by atoms with Gasteiger partial charge in [0.2, 0.25) is 0 Å². The molecule has 1 fully saturated rings. The second kappa shape index (κ2) is 10.4. The van der Waals surface area contributed by atoms with Gasteiger partial charge in [-0.2, -0.15) is 0 Å². The van der Waals surface area contributed by atoms with Crippen molar-refractivity contribution in [2.24, 2.45) is 17.8 Å². The monoisotopic (exact) mass is 448 g/mol. The largest absolute Gasteiger partial charge is 0.394 e. The van der Waals surface area contributed by atoms with Gasteiger partial charge in [-0.15, -0.1) is 0 Å². The molecular weight excluding hydrogens is 408 g/mol. The van der Waals surface area contributed by atoms with Crippen molar-refractivity contribution in [2.75, 3.05) is 13.2 Å². The van der Waals surface area contributed by atoms with E-state index in [-0.39, 0.29) is 12.5 Å². The van der Waals surface area contributed by atoms with E-state index in [2.05, 4.69) is 43.1 Å². The average Bonchev–Trinajstić information content (AvgIpc) is 3.16. The number of carbonyl (C=O) groups excluding carboxylic acids is 1. The lowest BCUT2D eigenvalue weighted by molar-refractivity contribution is 0.0916. The Morgan fingerprint density at radius 2 is 1.79 bits per heavy atom. The van der Waals surface area contributed by atoms with Crippen LogP contribution in [0.5, 0.6) is 0 Å². The fourth-order valence-corrected chi connectivity index (χ4v) is 5.76. The SMILES string of the molecule is Cc1ccc([C@@H](CO)NC(=O)c2ccc3c(c2)CN(C[C@H]2CC[C@H](C)CC2)[C@H]3C(C)C)cc1. The van der Waals surface area contributed by atoms with Gasteiger partial charge in [0.25, 0.3) is 5.91 Å². The Hall–Kier alpha value is -2.17. The summed E-state index contributed by atoms with van der Waals surface area (Å²) in [5.74, 6) is 2.08. The number of nitrogens with one attached hydrogen (secondary N) is 1. The van der Waals surface area contributed by atoms with E-state index in [4.69, 9.17) is 0 Å². The molecule has 4 rings (SSSR count). The molecule has 1 heterocycles. The standard InChI is InChI=1S/C29H40N2O2/c1-19(2)28-26-14-13-24(29(33)30-27(18-32)23-11-7-21(4)8-12-23)15-25(26)17-31(28)16-22-9-5-20(3)6-10-22/h7-8,11-15,19-20,22,27-28,32H,5-6,9-10,16-18H2,1-4H3,(H,30,33)/t20-,22-,27-,28+/m1/s1. The van der Waals surface area contributed by atoms with Crippen molar-refractivity contribution in [1.82, 2.24) is 10.2 Å². The molecule has 2 atom stereocenters. The van der Waals surface area contributed by atoms with E-state index in [1.807, 2.05) is 37.3 Å². The molecule has 33 heavy (non-hydrogen) atoms. The first kappa shape index (κ1) is 24.0. The normalized spacial score (nSPS) is 24.0. The Morgan fingerprint density at radius 1 is 1.09 bits per heavy atom. The number of hydrogen-bond donors (Lipinski definition) is 2. The van der Waals surface area contributed by atoms with Crippen LogP contribution in [-0.4, -0.2) is 29.1 Å². The van der Waals surface area contributed by atoms with Crippen molar-refractivity contribution < 1.29 is 9.90 Å². The summed E-state index contributed by atoms with van der Waals surface area (Å²) in [7, 11) is 0. The second-order valence-electron chi connectivity index (χ2n) is 10.8. The predicted octanol–water partition coefficient (Wildman–Crippen LogP) is 5.80. The lowest BCUT2D eigenvalue weighted by Crippen LogP contribution is -2.32. The quantitative estimate of drug-likeness (QED) is 0.563. The molecule has 0 saturated heterocycles. The first-order valence-corrected chi connectivity index (χ1v) is 12.7. The molecule has 2 N–H and O–H groups in total. The van der Waals surface area contributed by atoms with E-state index in [0.29, 0.717) is 17.5 Å². The van der Waals surface area contributed by atoms with Crippen LogP contribution in [0.1, 0.15) is 91.1 Å². The van der Waals surface area contributed by atoms with Crippen LogP contribution in [-0.2, 0) is 6.54 Å². The molecule has 4 nitrogen and oxygen atoms in total. The number of carbonyl (C=O) groups is 1. The highest BCUT2D eigenvalue weighted by Crippen LogP contribution is 2.41. The van der Waals surface area contributed by atoms with Crippen LogP contribution in [0.4, 0.5) is 0 Å². The molecule has 0 spiro atoms. The maximum absolute atomic E-state index is 13.1. The van der Waals surface area contributed by atoms with Crippen LogP contribution in [0.3, 0.4) is 0 Å². The highest BCUT2D eigenvalue weighted by molar-refractivity contribution is 5.94. The smallest absolute Gasteiger partial charge is 0.251 e. The first-order valence-electron chi connectivity index (χ1n) is 12.7. The number of fused-ring (bicyclic) bond motifs is 1. The number of benzene rings is 2. The Morgan fingerprint density at radius 3 is 2.42 bits per heavy atom. The van der Waals surface area contributed by atoms with Gasteiger partial charge in [0.05, 0.1) is 12.6 Å². The van der Waals surface area contributed by atoms with E-state index < -0.39 is 6.04 Å². The van der Waals surface area contributed by atoms with Gasteiger partial charge in [-0.1, -0.05) is 69.5 Å². The number of nitrogens with zero attached hydrogens (tertiary/aromatic N) is 1. The predicted molar refractivity (Wildman–Crippen MR) is 134 cm³/mol. The third-order valence-electron chi connectivity index (χ3n) is 7.72. The van der Waals surface area contributed by atoms with Crippen LogP contribution in [0.25, 0.3) is 0 Å². The molecule has 0 unspecified atom stereocenters. The first-order chi connectivity index (χ1) is 15.9. The van der Waals surface area contributed by atoms with Gasteiger partial charge in [0.15, 0.2) is 0 Å². The van der Waals surface area contributed by atoms with Crippen LogP contribution in [0.15, 0.2) is 42.5 Å². The Bertz CT molecular complexity index is 945. The minimum atomic E-state index is -0.403. The maximum atomic E-state index is 13.1. The van der Waals surface area contributed by atoms with Gasteiger partial charge in [0.1, 0.15) is 0 Å². The Balaban J connectivity index is 1.47. The molecule has 2 aromatic carbocycles. The van der Waals surface area contributed by atoms with Gasteiger partial charge < -0.3 is 10.4 Å². The van der Waals surface area contributed by atoms with Gasteiger partial charge in [0, 0.05) is 24.7 Å². The summed E-state index contributed by atoms with van der Waals surface area (Å²) < 4.78 is 0. The molecule has 1 amide bonds. The van der Waals surface area contributed by atoms with Crippen LogP contribution in [0.2, 0.25) is 0 Å². The summed E-state index contributed by atoms with van der Waals surface area (Å²) in [4.78, 5) is 15.7. The van der Waals surface area contributed by atoms with Crippen molar-refractivity contribution in [3.8, 4) is 0 Å². The molecule has 1 aliphatic carbocycles. The van der Waals surface area contributed by atoms with E-state index in [0.717, 1.165) is 36.1 Å². The number of rotatable bonds is 7. The molecule has 1 saturated carbocycles. The zero-order valence-corrected chi connectivity index (χ0v) is 20.7. The summed E-state index contributed by atoms with van der Waals surface area (Å²) in [6.07, 6.45) is 5.40. The summed E-state index contributed by atoms with van der Waals surface area (Å²) in [6.45, 7) is 11.0. The Kier molecular flexibility index (Phi) is 7.55. The highest BCUT2D eigenvalue weighted by atomic mass is 16.3. The van der Waals surface area contributed by atoms with E-state index >= 15 is 0 Å². The molecule has 178 valence electrons. The van der Waals surface area contributed by atoms with Crippen LogP contribution in [0, 0.1) is 24.7 Å². The molecular formula is C29H40N2O2. The minimum absolute atomic E-state index is 0.122. The zero-order chi connectivity index (χ0) is 23.5. The van der Waals surface area contributed by atoms with Crippen molar-refractivity contribution in [1.29, 1.82) is 0 Å². The number of amides is 1. The molecule has 1 aliphatic heterocycles. The number of aliphatic hydroxyl groups excluding tert-OH is 1. The molecule has 4 heteroatoms. The number of hydrogen-bond acceptors (Lipinski definition) is 3. The topological polar surface area (TPSA) is 52.6 Å². The number of aliphatic hydroxyl groups is 1. The Labute approximate surface area is 199 Å². The van der Waals surface area contributed by atoms with Crippen LogP contribution < -0.4 is 5.32 Å². The lowest BCUT2D eigenvalue weighted by atomic mass is 9.82. The fourth-order valence-electron chi connectivity index (χ4n) is 5.76. The fraction of sp³-hybridized carbons (Fsp3) is 0.552. The van der Waals surface area contributed by atoms with Gasteiger partial charge in [-0.25, -0.2) is 0 Å². The summed E-state index contributed by atoms with van der Waals surface area (Å²) in [5, 5.41) is 12.9. The highest BCUT2D eigenvalue weighted by Gasteiger charge is 2.34. The summed E-state index contributed by atoms with van der Waals surface area (Å²) in [6, 6.07) is 14.2. The van der Waals surface area contributed by atoms with Crippen molar-refractivity contribution >= 4 is 5.91 Å². The van der Waals surface area contributed by atoms with E-state index in [9.17, 15) is 9.90 Å². The van der Waals surface area contributed by atoms with Gasteiger partial charge in [-0.05, 0) is 66.3 Å². The molecule has 2 aromatic rings. The van der Waals surface area contributed by atoms with Crippen LogP contribution >= 0.6 is 0 Å². The van der Waals surface area contributed by atoms with Gasteiger partial charge >= 0.3 is 0 Å². The van der Waals surface area contributed by atoms with E-state index in [1.165, 1.54) is 36.8 Å². The van der Waals surface area contributed by atoms with Gasteiger partial charge in [-0.3, -0.25) is 9.69 Å². The molecule has 2 aliphatic rings. The second-order valence-corrected chi connectivity index (χ2v) is 10.8. The molecule has 0 radical (unpaired) electrons. The van der Waals surface area contributed by atoms with E-state index in [1.54, 1.807) is 0 Å². The summed E-state index contributed by atoms with van der Waals surface area (Å²) in [5.41, 5.74) is 5.41. The molecule has 0 bridgehead atoms. The number of aryl methyl sites for hydroxylation is 1. The average molecular weight is 449 g/mol.